The Morgan fingerprint density at radius 3 is 1.73 bits per heavy atom. The fraction of sp³-hybridized carbons (Fsp3) is 0.652. The molecular formula is C23H38N4O6. The molecule has 10 nitrogen and oxygen atoms in total. The predicted octanol–water partition coefficient (Wildman–Crippen LogP) is -0.957. The summed E-state index contributed by atoms with van der Waals surface area (Å²) in [6, 6.07) is 5.65. The number of carboxylic acids is 1. The van der Waals surface area contributed by atoms with E-state index in [0.717, 1.165) is 44.8 Å². The number of carboxylic acid groups (broad SMARTS) is 1. The number of benzene rings is 1. The van der Waals surface area contributed by atoms with Crippen LogP contribution in [0.2, 0.25) is 0 Å². The number of hydrogen-bond acceptors (Lipinski definition) is 8. The zero-order chi connectivity index (χ0) is 24.4. The van der Waals surface area contributed by atoms with Crippen LogP contribution in [0.25, 0.3) is 0 Å². The molecule has 0 saturated carbocycles. The van der Waals surface area contributed by atoms with Crippen molar-refractivity contribution in [1.82, 2.24) is 20.0 Å². The van der Waals surface area contributed by atoms with E-state index in [-0.39, 0.29) is 0 Å². The van der Waals surface area contributed by atoms with Gasteiger partial charge in [-0.3, -0.25) is 19.5 Å². The normalized spacial score (nSPS) is 19.7. The number of aliphatic hydroxyl groups is 3. The van der Waals surface area contributed by atoms with Gasteiger partial charge in [-0.1, -0.05) is 12.1 Å². The molecule has 1 fully saturated rings. The Hall–Kier alpha value is -2.08. The van der Waals surface area contributed by atoms with Crippen LogP contribution < -0.4 is 5.32 Å². The number of carbonyl (C=O) groups is 2. The van der Waals surface area contributed by atoms with Crippen molar-refractivity contribution in [2.45, 2.75) is 38.6 Å². The third kappa shape index (κ3) is 9.75. The lowest BCUT2D eigenvalue weighted by molar-refractivity contribution is -0.140. The van der Waals surface area contributed by atoms with Gasteiger partial charge in [-0.15, -0.1) is 0 Å². The van der Waals surface area contributed by atoms with Crippen LogP contribution in [0.3, 0.4) is 0 Å². The van der Waals surface area contributed by atoms with Gasteiger partial charge in [0.25, 0.3) is 5.91 Å². The highest BCUT2D eigenvalue weighted by Crippen LogP contribution is 2.10. The minimum absolute atomic E-state index is 0.328. The number of hydrogen-bond donors (Lipinski definition) is 5. The molecule has 1 unspecified atom stereocenters. The summed E-state index contributed by atoms with van der Waals surface area (Å²) in [5.41, 5.74) is 1.35. The summed E-state index contributed by atoms with van der Waals surface area (Å²) < 4.78 is 0. The third-order valence-electron chi connectivity index (χ3n) is 5.65. The molecule has 33 heavy (non-hydrogen) atoms. The van der Waals surface area contributed by atoms with Crippen molar-refractivity contribution in [3.8, 4) is 0 Å². The van der Waals surface area contributed by atoms with Crippen molar-refractivity contribution in [2.75, 3.05) is 59.0 Å². The average molecular weight is 467 g/mol. The molecule has 0 bridgehead atoms. The topological polar surface area (TPSA) is 137 Å². The summed E-state index contributed by atoms with van der Waals surface area (Å²) in [5, 5.41) is 40.0. The van der Waals surface area contributed by atoms with Gasteiger partial charge in [0.15, 0.2) is 6.04 Å². The monoisotopic (exact) mass is 466 g/mol. The number of nitrogens with one attached hydrogen (secondary N) is 1. The Bertz CT molecular complexity index is 721. The second kappa shape index (κ2) is 13.6. The van der Waals surface area contributed by atoms with E-state index in [1.165, 1.54) is 0 Å². The molecule has 0 radical (unpaired) electrons. The van der Waals surface area contributed by atoms with Gasteiger partial charge < -0.3 is 25.7 Å². The molecule has 1 saturated heterocycles. The number of rotatable bonds is 10. The van der Waals surface area contributed by atoms with E-state index < -0.39 is 36.7 Å². The first-order chi connectivity index (χ1) is 15.7. The van der Waals surface area contributed by atoms with Gasteiger partial charge >= 0.3 is 5.97 Å². The molecule has 1 aromatic carbocycles. The van der Waals surface area contributed by atoms with Crippen molar-refractivity contribution in [3.63, 3.8) is 0 Å². The van der Waals surface area contributed by atoms with Gasteiger partial charge in [-0.25, -0.2) is 4.79 Å². The summed E-state index contributed by atoms with van der Waals surface area (Å²) in [7, 11) is 0. The SMILES string of the molecule is C[C@H](O)CN1CCN(Cc2ccc(C(=O)NC(CO)C(=O)O)cc2)CCN(C[C@H](C)O)CC1. The molecular weight excluding hydrogens is 428 g/mol. The Labute approximate surface area is 195 Å². The molecule has 1 amide bonds. The number of carbonyl (C=O) groups excluding carboxylic acids is 1. The van der Waals surface area contributed by atoms with Crippen molar-refractivity contribution in [2.24, 2.45) is 0 Å². The van der Waals surface area contributed by atoms with Gasteiger partial charge in [-0.05, 0) is 31.5 Å². The van der Waals surface area contributed by atoms with E-state index in [1.54, 1.807) is 26.0 Å². The number of amides is 1. The van der Waals surface area contributed by atoms with Crippen LogP contribution in [0.4, 0.5) is 0 Å². The Balaban J connectivity index is 2.02. The fourth-order valence-electron chi connectivity index (χ4n) is 3.90. The minimum atomic E-state index is -1.34. The van der Waals surface area contributed by atoms with Gasteiger partial charge in [0, 0.05) is 64.5 Å². The first kappa shape index (κ1) is 27.2. The van der Waals surface area contributed by atoms with E-state index in [0.29, 0.717) is 25.2 Å². The molecule has 1 aliphatic heterocycles. The molecule has 0 spiro atoms. The molecule has 1 aliphatic rings. The maximum atomic E-state index is 12.2. The van der Waals surface area contributed by atoms with E-state index in [1.807, 2.05) is 12.1 Å². The number of nitrogens with zero attached hydrogens (tertiary/aromatic N) is 3. The van der Waals surface area contributed by atoms with Gasteiger partial charge in [-0.2, -0.15) is 0 Å². The summed E-state index contributed by atoms with van der Waals surface area (Å²) in [5.74, 6) is -1.84. The van der Waals surface area contributed by atoms with E-state index >= 15 is 0 Å². The molecule has 2 rings (SSSR count). The summed E-state index contributed by atoms with van der Waals surface area (Å²) >= 11 is 0. The molecule has 10 heteroatoms. The molecule has 1 aromatic rings. The van der Waals surface area contributed by atoms with Crippen LogP contribution in [0.1, 0.15) is 29.8 Å². The first-order valence-corrected chi connectivity index (χ1v) is 11.4. The van der Waals surface area contributed by atoms with Crippen molar-refractivity contribution in [3.05, 3.63) is 35.4 Å². The van der Waals surface area contributed by atoms with E-state index in [4.69, 9.17) is 10.2 Å². The summed E-state index contributed by atoms with van der Waals surface area (Å²) in [4.78, 5) is 30.0. The van der Waals surface area contributed by atoms with Crippen LogP contribution in [-0.2, 0) is 11.3 Å². The summed E-state index contributed by atoms with van der Waals surface area (Å²) in [6.45, 7) is 9.76. The quantitative estimate of drug-likeness (QED) is 0.295. The van der Waals surface area contributed by atoms with Crippen LogP contribution in [-0.4, -0.2) is 124 Å². The number of aliphatic hydroxyl groups excluding tert-OH is 3. The molecule has 3 atom stereocenters. The fourth-order valence-corrected chi connectivity index (χ4v) is 3.90. The lowest BCUT2D eigenvalue weighted by Crippen LogP contribution is -2.43. The van der Waals surface area contributed by atoms with E-state index in [9.17, 15) is 19.8 Å². The highest BCUT2D eigenvalue weighted by Gasteiger charge is 2.20. The smallest absolute Gasteiger partial charge is 0.328 e. The minimum Gasteiger partial charge on any atom is -0.480 e. The second-order valence-electron chi connectivity index (χ2n) is 8.82. The molecule has 1 heterocycles. The molecule has 5 N–H and O–H groups in total. The second-order valence-corrected chi connectivity index (χ2v) is 8.82. The van der Waals surface area contributed by atoms with Gasteiger partial charge in [0.2, 0.25) is 0 Å². The lowest BCUT2D eigenvalue weighted by atomic mass is 10.1. The molecule has 186 valence electrons. The van der Waals surface area contributed by atoms with Crippen LogP contribution >= 0.6 is 0 Å². The zero-order valence-electron chi connectivity index (χ0n) is 19.6. The van der Waals surface area contributed by atoms with Crippen molar-refractivity contribution in [1.29, 1.82) is 0 Å². The Kier molecular flexibility index (Phi) is 11.2. The maximum absolute atomic E-state index is 12.2. The van der Waals surface area contributed by atoms with Crippen molar-refractivity contribution < 1.29 is 30.0 Å². The van der Waals surface area contributed by atoms with E-state index in [2.05, 4.69) is 20.0 Å². The largest absolute Gasteiger partial charge is 0.480 e. The zero-order valence-corrected chi connectivity index (χ0v) is 19.6. The molecule has 0 aromatic heterocycles. The first-order valence-electron chi connectivity index (χ1n) is 11.4. The van der Waals surface area contributed by atoms with Gasteiger partial charge in [0.05, 0.1) is 18.8 Å². The maximum Gasteiger partial charge on any atom is 0.328 e. The van der Waals surface area contributed by atoms with Crippen LogP contribution in [0.15, 0.2) is 24.3 Å². The Morgan fingerprint density at radius 2 is 1.33 bits per heavy atom. The number of aliphatic carboxylic acids is 1. The highest BCUT2D eigenvalue weighted by atomic mass is 16.4. The Morgan fingerprint density at radius 1 is 0.879 bits per heavy atom. The lowest BCUT2D eigenvalue weighted by Gasteiger charge is -2.27. The third-order valence-corrected chi connectivity index (χ3v) is 5.65. The van der Waals surface area contributed by atoms with Crippen molar-refractivity contribution >= 4 is 11.9 Å². The number of β-amino-alcohol motifs (C(OH)–C–C–N with tert-alkyl or cyclic N) is 2. The van der Waals surface area contributed by atoms with Crippen LogP contribution in [0.5, 0.6) is 0 Å². The van der Waals surface area contributed by atoms with Gasteiger partial charge in [0.1, 0.15) is 0 Å². The summed E-state index contributed by atoms with van der Waals surface area (Å²) in [6.07, 6.45) is -0.815. The molecule has 0 aliphatic carbocycles. The standard InChI is InChI=1S/C23H38N4O6/c1-17(29)13-25-7-8-26(14-18(2)30)10-12-27(11-9-25)15-19-3-5-20(6-4-19)22(31)24-21(16-28)23(32)33/h3-6,17-18,21,28-30H,7-16H2,1-2H3,(H,24,31)(H,32,33)/t17-,18-,21?/m0/s1. The highest BCUT2D eigenvalue weighted by molar-refractivity contribution is 5.96. The predicted molar refractivity (Wildman–Crippen MR) is 124 cm³/mol. The van der Waals surface area contributed by atoms with Crippen LogP contribution in [0, 0.1) is 0 Å². The average Bonchev–Trinajstić information content (AvgIpc) is 2.83.